The molecule has 1 heterocycles. The van der Waals surface area contributed by atoms with Gasteiger partial charge in [0.25, 0.3) is 0 Å². The Morgan fingerprint density at radius 1 is 1.35 bits per heavy atom. The second-order valence-corrected chi connectivity index (χ2v) is 6.28. The molecule has 0 bridgehead atoms. The maximum atomic E-state index is 12.4. The molecule has 0 aromatic heterocycles. The van der Waals surface area contributed by atoms with Crippen LogP contribution in [0.1, 0.15) is 24.8 Å². The second kappa shape index (κ2) is 5.97. The van der Waals surface area contributed by atoms with E-state index < -0.39 is 11.5 Å². The van der Waals surface area contributed by atoms with Crippen LogP contribution in [0, 0.1) is 0 Å². The fourth-order valence-electron chi connectivity index (χ4n) is 2.49. The molecule has 0 radical (unpaired) electrons. The highest BCUT2D eigenvalue weighted by atomic mass is 32.2. The van der Waals surface area contributed by atoms with Gasteiger partial charge in [0.15, 0.2) is 0 Å². The van der Waals surface area contributed by atoms with Crippen LogP contribution in [0.15, 0.2) is 30.3 Å². The van der Waals surface area contributed by atoms with Crippen LogP contribution in [0.4, 0.5) is 0 Å². The van der Waals surface area contributed by atoms with E-state index in [4.69, 9.17) is 0 Å². The number of aliphatic hydroxyl groups is 1. The molecule has 1 aromatic carbocycles. The summed E-state index contributed by atoms with van der Waals surface area (Å²) in [6.07, 6.45) is 2.08. The van der Waals surface area contributed by atoms with Gasteiger partial charge in [-0.3, -0.25) is 14.5 Å². The van der Waals surface area contributed by atoms with E-state index in [1.54, 1.807) is 6.92 Å². The van der Waals surface area contributed by atoms with Crippen molar-refractivity contribution >= 4 is 23.6 Å². The first kappa shape index (κ1) is 15.1. The van der Waals surface area contributed by atoms with E-state index in [0.717, 1.165) is 5.56 Å². The van der Waals surface area contributed by atoms with Gasteiger partial charge in [-0.25, -0.2) is 0 Å². The monoisotopic (exact) mass is 293 g/mol. The Bertz CT molecular complexity index is 501. The number of rotatable bonds is 5. The smallest absolute Gasteiger partial charge is 0.237 e. The Morgan fingerprint density at radius 2 is 2.00 bits per heavy atom. The molecule has 2 atom stereocenters. The standard InChI is InChI=1S/C15H19NO3S/c1-15(19,10-20-2)9-16-13(17)8-12(14(16)18)11-6-4-3-5-7-11/h3-7,12,19H,8-10H2,1-2H3. The van der Waals surface area contributed by atoms with Gasteiger partial charge in [-0.1, -0.05) is 30.3 Å². The van der Waals surface area contributed by atoms with Crippen LogP contribution in [0.2, 0.25) is 0 Å². The molecule has 108 valence electrons. The minimum absolute atomic E-state index is 0.0643. The predicted molar refractivity (Wildman–Crippen MR) is 79.5 cm³/mol. The summed E-state index contributed by atoms with van der Waals surface area (Å²) in [4.78, 5) is 25.6. The van der Waals surface area contributed by atoms with E-state index >= 15 is 0 Å². The van der Waals surface area contributed by atoms with Gasteiger partial charge in [-0.15, -0.1) is 0 Å². The zero-order chi connectivity index (χ0) is 14.8. The van der Waals surface area contributed by atoms with Crippen molar-refractivity contribution in [2.45, 2.75) is 24.9 Å². The largest absolute Gasteiger partial charge is 0.387 e. The molecule has 1 aliphatic heterocycles. The Morgan fingerprint density at radius 3 is 2.60 bits per heavy atom. The van der Waals surface area contributed by atoms with Gasteiger partial charge >= 0.3 is 0 Å². The number of carbonyl (C=O) groups excluding carboxylic acids is 2. The molecular formula is C15H19NO3S. The molecule has 1 aromatic rings. The summed E-state index contributed by atoms with van der Waals surface area (Å²) in [6, 6.07) is 9.32. The van der Waals surface area contributed by atoms with Gasteiger partial charge < -0.3 is 5.11 Å². The zero-order valence-corrected chi connectivity index (χ0v) is 12.5. The molecule has 0 spiro atoms. The lowest BCUT2D eigenvalue weighted by Crippen LogP contribution is -2.45. The zero-order valence-electron chi connectivity index (χ0n) is 11.7. The van der Waals surface area contributed by atoms with Crippen LogP contribution in [-0.4, -0.2) is 46.0 Å². The fourth-order valence-corrected chi connectivity index (χ4v) is 3.21. The van der Waals surface area contributed by atoms with Crippen LogP contribution >= 0.6 is 11.8 Å². The highest BCUT2D eigenvalue weighted by molar-refractivity contribution is 7.98. The van der Waals surface area contributed by atoms with Crippen molar-refractivity contribution in [3.05, 3.63) is 35.9 Å². The fraction of sp³-hybridized carbons (Fsp3) is 0.467. The van der Waals surface area contributed by atoms with Crippen molar-refractivity contribution in [1.82, 2.24) is 4.90 Å². The highest BCUT2D eigenvalue weighted by Gasteiger charge is 2.41. The van der Waals surface area contributed by atoms with Crippen LogP contribution in [0.5, 0.6) is 0 Å². The molecular weight excluding hydrogens is 274 g/mol. The SMILES string of the molecule is CSCC(C)(O)CN1C(=O)CC(c2ccccc2)C1=O. The molecule has 5 heteroatoms. The molecule has 4 nitrogen and oxygen atoms in total. The van der Waals surface area contributed by atoms with Crippen LogP contribution < -0.4 is 0 Å². The summed E-state index contributed by atoms with van der Waals surface area (Å²) in [5, 5.41) is 10.2. The number of hydrogen-bond donors (Lipinski definition) is 1. The summed E-state index contributed by atoms with van der Waals surface area (Å²) in [7, 11) is 0. The van der Waals surface area contributed by atoms with Gasteiger partial charge in [-0.2, -0.15) is 11.8 Å². The minimum atomic E-state index is -1.05. The summed E-state index contributed by atoms with van der Waals surface area (Å²) >= 11 is 1.49. The lowest BCUT2D eigenvalue weighted by Gasteiger charge is -2.27. The van der Waals surface area contributed by atoms with E-state index in [0.29, 0.717) is 5.75 Å². The third kappa shape index (κ3) is 3.22. The molecule has 2 rings (SSSR count). The molecule has 20 heavy (non-hydrogen) atoms. The topological polar surface area (TPSA) is 57.6 Å². The van der Waals surface area contributed by atoms with E-state index in [2.05, 4.69) is 0 Å². The van der Waals surface area contributed by atoms with E-state index in [-0.39, 0.29) is 24.8 Å². The number of amides is 2. The number of thioether (sulfide) groups is 1. The van der Waals surface area contributed by atoms with E-state index in [9.17, 15) is 14.7 Å². The van der Waals surface area contributed by atoms with Crippen molar-refractivity contribution in [2.75, 3.05) is 18.6 Å². The average molecular weight is 293 g/mol. The van der Waals surface area contributed by atoms with Crippen LogP contribution in [0.25, 0.3) is 0 Å². The normalized spacial score (nSPS) is 22.1. The summed E-state index contributed by atoms with van der Waals surface area (Å²) in [6.45, 7) is 1.72. The van der Waals surface area contributed by atoms with Gasteiger partial charge in [-0.05, 0) is 18.7 Å². The van der Waals surface area contributed by atoms with Crippen molar-refractivity contribution in [3.8, 4) is 0 Å². The first-order chi connectivity index (χ1) is 9.44. The minimum Gasteiger partial charge on any atom is -0.387 e. The van der Waals surface area contributed by atoms with Crippen molar-refractivity contribution in [1.29, 1.82) is 0 Å². The van der Waals surface area contributed by atoms with E-state index in [1.165, 1.54) is 16.7 Å². The quantitative estimate of drug-likeness (QED) is 0.839. The lowest BCUT2D eigenvalue weighted by atomic mass is 9.98. The molecule has 2 amide bonds. The Balaban J connectivity index is 2.14. The van der Waals surface area contributed by atoms with Gasteiger partial charge in [0.05, 0.1) is 18.1 Å². The number of hydrogen-bond acceptors (Lipinski definition) is 4. The summed E-state index contributed by atoms with van der Waals surface area (Å²) in [5.74, 6) is -0.332. The average Bonchev–Trinajstić information content (AvgIpc) is 2.67. The third-order valence-electron chi connectivity index (χ3n) is 3.40. The van der Waals surface area contributed by atoms with Gasteiger partial charge in [0, 0.05) is 12.2 Å². The van der Waals surface area contributed by atoms with Crippen molar-refractivity contribution in [2.24, 2.45) is 0 Å². The third-order valence-corrected chi connectivity index (χ3v) is 4.31. The maximum absolute atomic E-state index is 12.4. The number of imide groups is 1. The molecule has 0 saturated carbocycles. The second-order valence-electron chi connectivity index (χ2n) is 5.42. The van der Waals surface area contributed by atoms with Crippen molar-refractivity contribution < 1.29 is 14.7 Å². The van der Waals surface area contributed by atoms with Crippen LogP contribution in [0.3, 0.4) is 0 Å². The maximum Gasteiger partial charge on any atom is 0.237 e. The highest BCUT2D eigenvalue weighted by Crippen LogP contribution is 2.30. The Kier molecular flexibility index (Phi) is 4.50. The summed E-state index contributed by atoms with van der Waals surface area (Å²) in [5.41, 5.74) is -0.186. The molecule has 1 N–H and O–H groups in total. The summed E-state index contributed by atoms with van der Waals surface area (Å²) < 4.78 is 0. The van der Waals surface area contributed by atoms with Crippen molar-refractivity contribution in [3.63, 3.8) is 0 Å². The molecule has 1 saturated heterocycles. The first-order valence-electron chi connectivity index (χ1n) is 6.55. The molecule has 0 aliphatic carbocycles. The molecule has 2 unspecified atom stereocenters. The van der Waals surface area contributed by atoms with Gasteiger partial charge in [0.2, 0.25) is 11.8 Å². The Labute approximate surface area is 123 Å². The van der Waals surface area contributed by atoms with Gasteiger partial charge in [0.1, 0.15) is 0 Å². The molecule has 1 fully saturated rings. The number of nitrogens with zero attached hydrogens (tertiary/aromatic N) is 1. The Hall–Kier alpha value is -1.33. The number of benzene rings is 1. The first-order valence-corrected chi connectivity index (χ1v) is 7.94. The number of carbonyl (C=O) groups is 2. The lowest BCUT2D eigenvalue weighted by molar-refractivity contribution is -0.141. The predicted octanol–water partition coefficient (Wildman–Crippen LogP) is 1.64. The number of likely N-dealkylation sites (tertiary alicyclic amines) is 1. The van der Waals surface area contributed by atoms with E-state index in [1.807, 2.05) is 36.6 Å². The number of β-amino-alcohol motifs (C(OH)–C–C–N with tert-alkyl or cyclic N) is 1. The molecule has 1 aliphatic rings. The van der Waals surface area contributed by atoms with Crippen LogP contribution in [-0.2, 0) is 9.59 Å².